The smallest absolute Gasteiger partial charge is 0.0693 e. The highest BCUT2D eigenvalue weighted by atomic mass is 15.4. The van der Waals surface area contributed by atoms with Gasteiger partial charge in [-0.15, -0.1) is 5.10 Å². The number of piperidine rings is 1. The Morgan fingerprint density at radius 3 is 2.47 bits per heavy atom. The second kappa shape index (κ2) is 4.53. The maximum absolute atomic E-state index is 4.08. The molecule has 0 amide bonds. The van der Waals surface area contributed by atoms with Gasteiger partial charge in [0, 0.05) is 37.4 Å². The Kier molecular flexibility index (Phi) is 2.73. The lowest BCUT2D eigenvalue weighted by molar-refractivity contribution is 0.360. The van der Waals surface area contributed by atoms with E-state index in [1.807, 2.05) is 23.3 Å². The van der Waals surface area contributed by atoms with Crippen LogP contribution in [0.2, 0.25) is 0 Å². The summed E-state index contributed by atoms with van der Waals surface area (Å²) >= 11 is 0. The molecule has 1 saturated heterocycles. The van der Waals surface area contributed by atoms with E-state index in [1.54, 1.807) is 6.20 Å². The first-order valence-electron chi connectivity index (χ1n) is 5.94. The molecule has 3 rings (SSSR count). The van der Waals surface area contributed by atoms with Gasteiger partial charge in [-0.2, -0.15) is 0 Å². The van der Waals surface area contributed by atoms with Crippen molar-refractivity contribution >= 4 is 5.69 Å². The first kappa shape index (κ1) is 10.3. The lowest BCUT2D eigenvalue weighted by atomic mass is 10.0. The lowest BCUT2D eigenvalue weighted by Crippen LogP contribution is -2.34. The van der Waals surface area contributed by atoms with Gasteiger partial charge < -0.3 is 4.90 Å². The highest BCUT2D eigenvalue weighted by Crippen LogP contribution is 2.24. The first-order chi connectivity index (χ1) is 8.43. The largest absolute Gasteiger partial charge is 0.371 e. The van der Waals surface area contributed by atoms with E-state index in [-0.39, 0.29) is 0 Å². The molecule has 5 nitrogen and oxygen atoms in total. The van der Waals surface area contributed by atoms with Crippen LogP contribution in [0.15, 0.2) is 36.9 Å². The summed E-state index contributed by atoms with van der Waals surface area (Å²) in [4.78, 5) is 6.44. The molecular formula is C12H15N5. The van der Waals surface area contributed by atoms with Crippen LogP contribution >= 0.6 is 0 Å². The third-order valence-corrected chi connectivity index (χ3v) is 3.31. The second-order valence-corrected chi connectivity index (χ2v) is 4.31. The molecule has 88 valence electrons. The first-order valence-corrected chi connectivity index (χ1v) is 5.94. The van der Waals surface area contributed by atoms with Gasteiger partial charge >= 0.3 is 0 Å². The van der Waals surface area contributed by atoms with Crippen molar-refractivity contribution in [1.29, 1.82) is 0 Å². The van der Waals surface area contributed by atoms with Crippen molar-refractivity contribution < 1.29 is 0 Å². The summed E-state index contributed by atoms with van der Waals surface area (Å²) in [5.74, 6) is 0. The summed E-state index contributed by atoms with van der Waals surface area (Å²) in [5.41, 5.74) is 1.26. The van der Waals surface area contributed by atoms with Crippen molar-refractivity contribution in [2.24, 2.45) is 0 Å². The Morgan fingerprint density at radius 1 is 1.06 bits per heavy atom. The average Bonchev–Trinajstić information content (AvgIpc) is 2.94. The second-order valence-electron chi connectivity index (χ2n) is 4.31. The highest BCUT2D eigenvalue weighted by Gasteiger charge is 2.20. The van der Waals surface area contributed by atoms with Crippen molar-refractivity contribution in [2.75, 3.05) is 18.0 Å². The predicted molar refractivity (Wildman–Crippen MR) is 64.7 cm³/mol. The van der Waals surface area contributed by atoms with Gasteiger partial charge in [-0.05, 0) is 25.0 Å². The molecule has 5 heteroatoms. The van der Waals surface area contributed by atoms with Gasteiger partial charge in [0.1, 0.15) is 0 Å². The highest BCUT2D eigenvalue weighted by molar-refractivity contribution is 5.44. The molecule has 0 aliphatic carbocycles. The van der Waals surface area contributed by atoms with Gasteiger partial charge in [0.25, 0.3) is 0 Å². The normalized spacial score (nSPS) is 17.3. The quantitative estimate of drug-likeness (QED) is 0.783. The molecule has 1 aliphatic heterocycles. The van der Waals surface area contributed by atoms with Gasteiger partial charge in [-0.25, -0.2) is 4.68 Å². The minimum absolute atomic E-state index is 0.496. The third kappa shape index (κ3) is 2.13. The number of nitrogens with zero attached hydrogens (tertiary/aromatic N) is 5. The summed E-state index contributed by atoms with van der Waals surface area (Å²) in [6.45, 7) is 2.13. The standard InChI is InChI=1S/C12H15N5/c1-5-13-6-2-11(1)16-8-3-12(4-9-16)17-10-7-14-15-17/h1-2,5-7,10,12H,3-4,8-9H2. The third-order valence-electron chi connectivity index (χ3n) is 3.31. The van der Waals surface area contributed by atoms with Crippen molar-refractivity contribution in [2.45, 2.75) is 18.9 Å². The molecule has 2 aromatic rings. The van der Waals surface area contributed by atoms with E-state index in [0.29, 0.717) is 6.04 Å². The number of aromatic nitrogens is 4. The zero-order valence-electron chi connectivity index (χ0n) is 9.61. The van der Waals surface area contributed by atoms with Crippen LogP contribution in [0.5, 0.6) is 0 Å². The van der Waals surface area contributed by atoms with Crippen LogP contribution in [-0.2, 0) is 0 Å². The number of anilines is 1. The lowest BCUT2D eigenvalue weighted by Gasteiger charge is -2.33. The van der Waals surface area contributed by atoms with Crippen molar-refractivity contribution in [3.63, 3.8) is 0 Å². The van der Waals surface area contributed by atoms with Crippen LogP contribution in [0.25, 0.3) is 0 Å². The van der Waals surface area contributed by atoms with Crippen LogP contribution in [0.1, 0.15) is 18.9 Å². The molecule has 17 heavy (non-hydrogen) atoms. The molecule has 0 radical (unpaired) electrons. The predicted octanol–water partition coefficient (Wildman–Crippen LogP) is 1.51. The molecule has 0 unspecified atom stereocenters. The van der Waals surface area contributed by atoms with Crippen molar-refractivity contribution in [3.8, 4) is 0 Å². The van der Waals surface area contributed by atoms with Crippen LogP contribution < -0.4 is 4.90 Å². The van der Waals surface area contributed by atoms with Gasteiger partial charge in [-0.3, -0.25) is 4.98 Å². The maximum Gasteiger partial charge on any atom is 0.0693 e. The molecule has 1 fully saturated rings. The fourth-order valence-electron chi connectivity index (χ4n) is 2.36. The topological polar surface area (TPSA) is 46.8 Å². The Balaban J connectivity index is 1.65. The van der Waals surface area contributed by atoms with E-state index in [9.17, 15) is 0 Å². The molecule has 0 bridgehead atoms. The van der Waals surface area contributed by atoms with E-state index in [0.717, 1.165) is 25.9 Å². The van der Waals surface area contributed by atoms with Crippen LogP contribution in [0.3, 0.4) is 0 Å². The Labute approximate surface area is 100 Å². The molecule has 3 heterocycles. The molecule has 2 aromatic heterocycles. The minimum Gasteiger partial charge on any atom is -0.371 e. The maximum atomic E-state index is 4.08. The van der Waals surface area contributed by atoms with E-state index in [2.05, 4.69) is 32.3 Å². The Bertz CT molecular complexity index is 445. The van der Waals surface area contributed by atoms with Crippen molar-refractivity contribution in [1.82, 2.24) is 20.0 Å². The zero-order valence-corrected chi connectivity index (χ0v) is 9.61. The van der Waals surface area contributed by atoms with E-state index < -0.39 is 0 Å². The molecule has 0 atom stereocenters. The van der Waals surface area contributed by atoms with Crippen LogP contribution in [-0.4, -0.2) is 33.1 Å². The summed E-state index contributed by atoms with van der Waals surface area (Å²) in [6.07, 6.45) is 9.62. The van der Waals surface area contributed by atoms with Gasteiger partial charge in [0.05, 0.1) is 12.2 Å². The number of pyridine rings is 1. The minimum atomic E-state index is 0.496. The van der Waals surface area contributed by atoms with Crippen molar-refractivity contribution in [3.05, 3.63) is 36.9 Å². The fourth-order valence-corrected chi connectivity index (χ4v) is 2.36. The summed E-state index contributed by atoms with van der Waals surface area (Å²) in [5, 5.41) is 7.94. The number of hydrogen-bond acceptors (Lipinski definition) is 4. The Morgan fingerprint density at radius 2 is 1.82 bits per heavy atom. The molecule has 0 aromatic carbocycles. The number of hydrogen-bond donors (Lipinski definition) is 0. The average molecular weight is 229 g/mol. The van der Waals surface area contributed by atoms with Crippen LogP contribution in [0, 0.1) is 0 Å². The van der Waals surface area contributed by atoms with Gasteiger partial charge in [0.2, 0.25) is 0 Å². The SMILES string of the molecule is c1cc(N2CCC(n3ccnn3)CC2)ccn1. The monoisotopic (exact) mass is 229 g/mol. The number of rotatable bonds is 2. The fraction of sp³-hybridized carbons (Fsp3) is 0.417. The molecule has 1 aliphatic rings. The van der Waals surface area contributed by atoms with E-state index >= 15 is 0 Å². The molecule has 0 spiro atoms. The molecular weight excluding hydrogens is 214 g/mol. The van der Waals surface area contributed by atoms with E-state index in [1.165, 1.54) is 5.69 Å². The molecule has 0 N–H and O–H groups in total. The molecule has 0 saturated carbocycles. The zero-order chi connectivity index (χ0) is 11.5. The van der Waals surface area contributed by atoms with Gasteiger partial charge in [-0.1, -0.05) is 5.21 Å². The van der Waals surface area contributed by atoms with Crippen LogP contribution in [0.4, 0.5) is 5.69 Å². The van der Waals surface area contributed by atoms with Gasteiger partial charge in [0.15, 0.2) is 0 Å². The Hall–Kier alpha value is -1.91. The summed E-state index contributed by atoms with van der Waals surface area (Å²) in [6, 6.07) is 4.63. The summed E-state index contributed by atoms with van der Waals surface area (Å²) in [7, 11) is 0. The summed E-state index contributed by atoms with van der Waals surface area (Å²) < 4.78 is 1.98. The van der Waals surface area contributed by atoms with E-state index in [4.69, 9.17) is 0 Å².